The SMILES string of the molecule is Cc1ccc(C)c(C(=O)N2CCC(CCC(=O)O)C2)c1. The van der Waals surface area contributed by atoms with Gasteiger partial charge in [0.1, 0.15) is 0 Å². The number of benzene rings is 1. The number of amides is 1. The van der Waals surface area contributed by atoms with E-state index in [0.29, 0.717) is 18.9 Å². The molecule has 0 radical (unpaired) electrons. The molecule has 2 rings (SSSR count). The van der Waals surface area contributed by atoms with E-state index in [9.17, 15) is 9.59 Å². The largest absolute Gasteiger partial charge is 0.481 e. The van der Waals surface area contributed by atoms with Gasteiger partial charge in [0.15, 0.2) is 0 Å². The Balaban J connectivity index is 2.00. The van der Waals surface area contributed by atoms with Crippen molar-refractivity contribution in [3.8, 4) is 0 Å². The van der Waals surface area contributed by atoms with Gasteiger partial charge in [0, 0.05) is 25.1 Å². The fraction of sp³-hybridized carbons (Fsp3) is 0.500. The summed E-state index contributed by atoms with van der Waals surface area (Å²) >= 11 is 0. The van der Waals surface area contributed by atoms with E-state index in [2.05, 4.69) is 0 Å². The number of carboxylic acid groups (broad SMARTS) is 1. The second-order valence-electron chi connectivity index (χ2n) is 5.66. The first-order chi connectivity index (χ1) is 9.47. The molecule has 1 unspecified atom stereocenters. The Morgan fingerprint density at radius 2 is 2.10 bits per heavy atom. The average Bonchev–Trinajstić information content (AvgIpc) is 2.87. The molecule has 1 fully saturated rings. The van der Waals surface area contributed by atoms with Crippen LogP contribution in [0.25, 0.3) is 0 Å². The number of rotatable bonds is 4. The normalized spacial score (nSPS) is 18.3. The first kappa shape index (κ1) is 14.6. The third-order valence-corrected chi connectivity index (χ3v) is 3.96. The van der Waals surface area contributed by atoms with Crippen LogP contribution in [0.15, 0.2) is 18.2 Å². The summed E-state index contributed by atoms with van der Waals surface area (Å²) in [5.74, 6) is -0.367. The van der Waals surface area contributed by atoms with E-state index in [1.165, 1.54) is 0 Å². The van der Waals surface area contributed by atoms with Gasteiger partial charge in [-0.3, -0.25) is 9.59 Å². The number of hydrogen-bond acceptors (Lipinski definition) is 2. The molecule has 1 heterocycles. The quantitative estimate of drug-likeness (QED) is 0.919. The number of carbonyl (C=O) groups excluding carboxylic acids is 1. The van der Waals surface area contributed by atoms with Crippen LogP contribution >= 0.6 is 0 Å². The van der Waals surface area contributed by atoms with E-state index in [-0.39, 0.29) is 12.3 Å². The third kappa shape index (κ3) is 3.38. The number of carboxylic acids is 1. The topological polar surface area (TPSA) is 57.6 Å². The molecular weight excluding hydrogens is 254 g/mol. The van der Waals surface area contributed by atoms with Gasteiger partial charge in [-0.15, -0.1) is 0 Å². The summed E-state index contributed by atoms with van der Waals surface area (Å²) in [6.45, 7) is 5.34. The van der Waals surface area contributed by atoms with Crippen LogP contribution in [-0.2, 0) is 4.79 Å². The Kier molecular flexibility index (Phi) is 4.42. The Bertz CT molecular complexity index is 524. The number of hydrogen-bond donors (Lipinski definition) is 1. The van der Waals surface area contributed by atoms with E-state index >= 15 is 0 Å². The molecule has 0 saturated carbocycles. The van der Waals surface area contributed by atoms with Crippen LogP contribution in [0.1, 0.15) is 40.7 Å². The Labute approximate surface area is 119 Å². The summed E-state index contributed by atoms with van der Waals surface area (Å²) < 4.78 is 0. The summed E-state index contributed by atoms with van der Waals surface area (Å²) in [4.78, 5) is 25.0. The molecule has 4 nitrogen and oxygen atoms in total. The zero-order valence-electron chi connectivity index (χ0n) is 12.1. The summed E-state index contributed by atoms with van der Waals surface area (Å²) in [6, 6.07) is 5.91. The lowest BCUT2D eigenvalue weighted by atomic mass is 10.0. The highest BCUT2D eigenvalue weighted by atomic mass is 16.4. The van der Waals surface area contributed by atoms with Gasteiger partial charge in [0.25, 0.3) is 5.91 Å². The second kappa shape index (κ2) is 6.07. The Morgan fingerprint density at radius 3 is 2.80 bits per heavy atom. The van der Waals surface area contributed by atoms with E-state index in [4.69, 9.17) is 5.11 Å². The van der Waals surface area contributed by atoms with Crippen LogP contribution in [0.3, 0.4) is 0 Å². The van der Waals surface area contributed by atoms with Crippen LogP contribution in [0, 0.1) is 19.8 Å². The molecule has 1 aromatic carbocycles. The van der Waals surface area contributed by atoms with E-state index in [1.807, 2.05) is 36.9 Å². The maximum atomic E-state index is 12.5. The minimum absolute atomic E-state index is 0.0732. The lowest BCUT2D eigenvalue weighted by Gasteiger charge is -2.18. The number of aliphatic carboxylic acids is 1. The van der Waals surface area contributed by atoms with Gasteiger partial charge >= 0.3 is 5.97 Å². The molecule has 4 heteroatoms. The molecule has 1 aliphatic rings. The van der Waals surface area contributed by atoms with Gasteiger partial charge < -0.3 is 10.0 Å². The van der Waals surface area contributed by atoms with Gasteiger partial charge in [-0.25, -0.2) is 0 Å². The van der Waals surface area contributed by atoms with Crippen LogP contribution < -0.4 is 0 Å². The van der Waals surface area contributed by atoms with Crippen molar-refractivity contribution in [1.82, 2.24) is 4.90 Å². The number of likely N-dealkylation sites (tertiary alicyclic amines) is 1. The lowest BCUT2D eigenvalue weighted by molar-refractivity contribution is -0.137. The number of carbonyl (C=O) groups is 2. The highest BCUT2D eigenvalue weighted by molar-refractivity contribution is 5.96. The van der Waals surface area contributed by atoms with Gasteiger partial charge in [-0.2, -0.15) is 0 Å². The highest BCUT2D eigenvalue weighted by Crippen LogP contribution is 2.24. The molecule has 0 bridgehead atoms. The molecule has 108 valence electrons. The first-order valence-corrected chi connectivity index (χ1v) is 7.05. The second-order valence-corrected chi connectivity index (χ2v) is 5.66. The van der Waals surface area contributed by atoms with Crippen LogP contribution in [0.5, 0.6) is 0 Å². The molecule has 1 aromatic rings. The van der Waals surface area contributed by atoms with Crippen LogP contribution in [0.2, 0.25) is 0 Å². The van der Waals surface area contributed by atoms with Crippen molar-refractivity contribution in [1.29, 1.82) is 0 Å². The number of aryl methyl sites for hydroxylation is 2. The van der Waals surface area contributed by atoms with Crippen molar-refractivity contribution >= 4 is 11.9 Å². The molecular formula is C16H21NO3. The van der Waals surface area contributed by atoms with E-state index < -0.39 is 5.97 Å². The monoisotopic (exact) mass is 275 g/mol. The fourth-order valence-corrected chi connectivity index (χ4v) is 2.72. The third-order valence-electron chi connectivity index (χ3n) is 3.96. The fourth-order valence-electron chi connectivity index (χ4n) is 2.72. The van der Waals surface area contributed by atoms with E-state index in [0.717, 1.165) is 29.7 Å². The summed E-state index contributed by atoms with van der Waals surface area (Å²) in [5.41, 5.74) is 2.85. The molecule has 1 N–H and O–H groups in total. The molecule has 1 aliphatic heterocycles. The summed E-state index contributed by atoms with van der Waals surface area (Å²) in [7, 11) is 0. The van der Waals surface area contributed by atoms with Crippen molar-refractivity contribution in [3.63, 3.8) is 0 Å². The van der Waals surface area contributed by atoms with Crippen molar-refractivity contribution in [2.24, 2.45) is 5.92 Å². The smallest absolute Gasteiger partial charge is 0.303 e. The predicted molar refractivity (Wildman–Crippen MR) is 76.8 cm³/mol. The summed E-state index contributed by atoms with van der Waals surface area (Å²) in [6.07, 6.45) is 1.76. The summed E-state index contributed by atoms with van der Waals surface area (Å²) in [5, 5.41) is 8.71. The maximum Gasteiger partial charge on any atom is 0.303 e. The maximum absolute atomic E-state index is 12.5. The van der Waals surface area contributed by atoms with Crippen LogP contribution in [0.4, 0.5) is 0 Å². The first-order valence-electron chi connectivity index (χ1n) is 7.05. The van der Waals surface area contributed by atoms with Crippen LogP contribution in [-0.4, -0.2) is 35.0 Å². The Morgan fingerprint density at radius 1 is 1.35 bits per heavy atom. The number of nitrogens with zero attached hydrogens (tertiary/aromatic N) is 1. The van der Waals surface area contributed by atoms with Crippen molar-refractivity contribution in [2.75, 3.05) is 13.1 Å². The van der Waals surface area contributed by atoms with Gasteiger partial charge in [-0.1, -0.05) is 17.7 Å². The van der Waals surface area contributed by atoms with Gasteiger partial charge in [0.05, 0.1) is 0 Å². The molecule has 0 aromatic heterocycles. The predicted octanol–water partition coefficient (Wildman–Crippen LogP) is 2.63. The molecule has 0 spiro atoms. The highest BCUT2D eigenvalue weighted by Gasteiger charge is 2.27. The standard InChI is InChI=1S/C16H21NO3/c1-11-3-4-12(2)14(9-11)16(20)17-8-7-13(10-17)5-6-15(18)19/h3-4,9,13H,5-8,10H2,1-2H3,(H,18,19). The van der Waals surface area contributed by atoms with Gasteiger partial charge in [-0.05, 0) is 44.2 Å². The lowest BCUT2D eigenvalue weighted by Crippen LogP contribution is -2.29. The molecule has 0 aliphatic carbocycles. The van der Waals surface area contributed by atoms with Gasteiger partial charge in [0.2, 0.25) is 0 Å². The average molecular weight is 275 g/mol. The van der Waals surface area contributed by atoms with Crippen molar-refractivity contribution in [2.45, 2.75) is 33.1 Å². The molecule has 1 saturated heterocycles. The Hall–Kier alpha value is -1.84. The zero-order chi connectivity index (χ0) is 14.7. The minimum Gasteiger partial charge on any atom is -0.481 e. The minimum atomic E-state index is -0.760. The molecule has 20 heavy (non-hydrogen) atoms. The van der Waals surface area contributed by atoms with E-state index in [1.54, 1.807) is 0 Å². The van der Waals surface area contributed by atoms with Crippen molar-refractivity contribution in [3.05, 3.63) is 34.9 Å². The molecule has 1 amide bonds. The molecule has 1 atom stereocenters. The van der Waals surface area contributed by atoms with Crippen molar-refractivity contribution < 1.29 is 14.7 Å². The zero-order valence-corrected chi connectivity index (χ0v) is 12.1.